The molecule has 0 bridgehead atoms. The highest BCUT2D eigenvalue weighted by Gasteiger charge is 2.25. The van der Waals surface area contributed by atoms with Crippen LogP contribution < -0.4 is 16.3 Å². The quantitative estimate of drug-likeness (QED) is 0.264. The Balaban J connectivity index is 2.19. The standard InChI is InChI=1S/C12H15N5O/c1-2-15-16-8-17(14)11-4-3-9(12-7-18-12)5-10(11)6-13/h3-5,8,12,15H,2,7,14H2,1H3/b16-8-. The van der Waals surface area contributed by atoms with Crippen molar-refractivity contribution in [2.45, 2.75) is 13.0 Å². The molecule has 1 aromatic carbocycles. The van der Waals surface area contributed by atoms with Gasteiger partial charge in [-0.2, -0.15) is 10.4 Å². The van der Waals surface area contributed by atoms with Gasteiger partial charge in [-0.15, -0.1) is 0 Å². The monoisotopic (exact) mass is 245 g/mol. The first-order valence-corrected chi connectivity index (χ1v) is 5.72. The number of ether oxygens (including phenoxy) is 1. The summed E-state index contributed by atoms with van der Waals surface area (Å²) >= 11 is 0. The van der Waals surface area contributed by atoms with E-state index in [2.05, 4.69) is 16.6 Å². The van der Waals surface area contributed by atoms with Gasteiger partial charge >= 0.3 is 0 Å². The summed E-state index contributed by atoms with van der Waals surface area (Å²) in [6.45, 7) is 3.37. The molecule has 1 aromatic rings. The van der Waals surface area contributed by atoms with Crippen LogP contribution in [0.3, 0.4) is 0 Å². The molecule has 1 fully saturated rings. The molecule has 1 aliphatic heterocycles. The Kier molecular flexibility index (Phi) is 3.77. The molecule has 0 saturated carbocycles. The molecule has 3 N–H and O–H groups in total. The lowest BCUT2D eigenvalue weighted by Gasteiger charge is -2.14. The van der Waals surface area contributed by atoms with Crippen LogP contribution >= 0.6 is 0 Å². The lowest BCUT2D eigenvalue weighted by atomic mass is 10.1. The van der Waals surface area contributed by atoms with Crippen molar-refractivity contribution < 1.29 is 4.74 Å². The van der Waals surface area contributed by atoms with Gasteiger partial charge in [-0.05, 0) is 24.6 Å². The van der Waals surface area contributed by atoms with E-state index in [1.807, 2.05) is 13.0 Å². The summed E-state index contributed by atoms with van der Waals surface area (Å²) < 4.78 is 5.18. The molecule has 1 atom stereocenters. The van der Waals surface area contributed by atoms with Gasteiger partial charge in [0.1, 0.15) is 18.5 Å². The van der Waals surface area contributed by atoms with E-state index < -0.39 is 0 Å². The summed E-state index contributed by atoms with van der Waals surface area (Å²) in [6, 6.07) is 7.64. The van der Waals surface area contributed by atoms with Crippen molar-refractivity contribution in [1.29, 1.82) is 5.26 Å². The normalized spacial score (nSPS) is 17.5. The van der Waals surface area contributed by atoms with Crippen molar-refractivity contribution in [1.82, 2.24) is 5.43 Å². The van der Waals surface area contributed by atoms with Crippen LogP contribution in [0.15, 0.2) is 23.3 Å². The predicted molar refractivity (Wildman–Crippen MR) is 68.7 cm³/mol. The zero-order valence-electron chi connectivity index (χ0n) is 10.1. The smallest absolute Gasteiger partial charge is 0.130 e. The first kappa shape index (κ1) is 12.4. The predicted octanol–water partition coefficient (Wildman–Crippen LogP) is 0.862. The molecule has 0 spiro atoms. The Morgan fingerprint density at radius 2 is 2.50 bits per heavy atom. The number of hydrazine groups is 1. The molecule has 18 heavy (non-hydrogen) atoms. The number of anilines is 1. The highest BCUT2D eigenvalue weighted by Crippen LogP contribution is 2.32. The van der Waals surface area contributed by atoms with E-state index >= 15 is 0 Å². The minimum Gasteiger partial charge on any atom is -0.368 e. The number of nitrogens with zero attached hydrogens (tertiary/aromatic N) is 3. The summed E-state index contributed by atoms with van der Waals surface area (Å²) in [7, 11) is 0. The third-order valence-electron chi connectivity index (χ3n) is 2.56. The van der Waals surface area contributed by atoms with E-state index in [1.54, 1.807) is 12.1 Å². The van der Waals surface area contributed by atoms with Crippen LogP contribution in [0.25, 0.3) is 0 Å². The number of epoxide rings is 1. The molecule has 2 rings (SSSR count). The maximum Gasteiger partial charge on any atom is 0.130 e. The molecule has 6 heteroatoms. The van der Waals surface area contributed by atoms with Gasteiger partial charge in [-0.25, -0.2) is 5.84 Å². The van der Waals surface area contributed by atoms with E-state index in [0.717, 1.165) is 12.2 Å². The number of hydrazone groups is 1. The number of benzene rings is 1. The Bertz CT molecular complexity index is 490. The highest BCUT2D eigenvalue weighted by molar-refractivity contribution is 5.80. The minimum absolute atomic E-state index is 0.132. The van der Waals surface area contributed by atoms with Gasteiger partial charge in [0, 0.05) is 6.54 Å². The average Bonchev–Trinajstić information content (AvgIpc) is 3.22. The molecule has 94 valence electrons. The summed E-state index contributed by atoms with van der Waals surface area (Å²) in [5, 5.41) is 14.4. The summed E-state index contributed by atoms with van der Waals surface area (Å²) in [5.74, 6) is 5.82. The molecule has 0 amide bonds. The molecule has 1 unspecified atom stereocenters. The Hall–Kier alpha value is -2.10. The van der Waals surface area contributed by atoms with Gasteiger partial charge in [0.2, 0.25) is 0 Å². The average molecular weight is 245 g/mol. The molecule has 0 aliphatic carbocycles. The summed E-state index contributed by atoms with van der Waals surface area (Å²) in [6.07, 6.45) is 1.57. The van der Waals surface area contributed by atoms with Gasteiger partial charge in [0.05, 0.1) is 17.9 Å². The number of hydrogen-bond donors (Lipinski definition) is 2. The van der Waals surface area contributed by atoms with Crippen LogP contribution in [0.4, 0.5) is 5.69 Å². The van der Waals surface area contributed by atoms with Crippen molar-refractivity contribution in [2.24, 2.45) is 10.9 Å². The van der Waals surface area contributed by atoms with Crippen molar-refractivity contribution in [2.75, 3.05) is 18.2 Å². The van der Waals surface area contributed by atoms with E-state index in [1.165, 1.54) is 11.3 Å². The Labute approximate surface area is 106 Å². The largest absolute Gasteiger partial charge is 0.368 e. The van der Waals surface area contributed by atoms with Crippen molar-refractivity contribution in [3.05, 3.63) is 29.3 Å². The van der Waals surface area contributed by atoms with E-state index in [4.69, 9.17) is 15.8 Å². The zero-order valence-corrected chi connectivity index (χ0v) is 10.1. The first-order valence-electron chi connectivity index (χ1n) is 5.72. The number of nitrogens with two attached hydrogens (primary N) is 1. The molecule has 1 saturated heterocycles. The molecule has 1 heterocycles. The Morgan fingerprint density at radius 3 is 3.11 bits per heavy atom. The van der Waals surface area contributed by atoms with Crippen LogP contribution in [-0.4, -0.2) is 19.5 Å². The van der Waals surface area contributed by atoms with Crippen LogP contribution in [0.5, 0.6) is 0 Å². The molecule has 0 aromatic heterocycles. The Morgan fingerprint density at radius 1 is 1.72 bits per heavy atom. The van der Waals surface area contributed by atoms with E-state index in [0.29, 0.717) is 17.8 Å². The maximum atomic E-state index is 9.13. The lowest BCUT2D eigenvalue weighted by molar-refractivity contribution is 0.415. The molecule has 0 radical (unpaired) electrons. The van der Waals surface area contributed by atoms with E-state index in [9.17, 15) is 0 Å². The van der Waals surface area contributed by atoms with Gasteiger partial charge < -0.3 is 10.2 Å². The number of nitriles is 1. The van der Waals surface area contributed by atoms with Gasteiger partial charge in [0.25, 0.3) is 0 Å². The highest BCUT2D eigenvalue weighted by atomic mass is 16.6. The number of rotatable bonds is 5. The van der Waals surface area contributed by atoms with Crippen LogP contribution in [0, 0.1) is 11.3 Å². The number of hydrogen-bond acceptors (Lipinski definition) is 5. The molecule has 6 nitrogen and oxygen atoms in total. The van der Waals surface area contributed by atoms with Crippen molar-refractivity contribution in [3.63, 3.8) is 0 Å². The second kappa shape index (κ2) is 5.49. The fourth-order valence-corrected chi connectivity index (χ4v) is 1.57. The van der Waals surface area contributed by atoms with Crippen molar-refractivity contribution in [3.8, 4) is 6.07 Å². The summed E-state index contributed by atoms with van der Waals surface area (Å²) in [4.78, 5) is 0. The molecule has 1 aliphatic rings. The second-order valence-corrected chi connectivity index (χ2v) is 3.87. The van der Waals surface area contributed by atoms with Crippen molar-refractivity contribution >= 4 is 12.0 Å². The molecular formula is C12H15N5O. The van der Waals surface area contributed by atoms with Gasteiger partial charge in [-0.3, -0.25) is 5.01 Å². The van der Waals surface area contributed by atoms with E-state index in [-0.39, 0.29) is 6.10 Å². The lowest BCUT2D eigenvalue weighted by Crippen LogP contribution is -2.30. The topological polar surface area (TPSA) is 90.0 Å². The second-order valence-electron chi connectivity index (χ2n) is 3.87. The minimum atomic E-state index is 0.132. The first-order chi connectivity index (χ1) is 8.76. The SMILES string of the molecule is CCN/N=C\N(N)c1ccc(C2CO2)cc1C#N. The van der Waals surface area contributed by atoms with Gasteiger partial charge in [0.15, 0.2) is 0 Å². The summed E-state index contributed by atoms with van der Waals surface area (Å²) in [5.41, 5.74) is 4.90. The fourth-order valence-electron chi connectivity index (χ4n) is 1.57. The maximum absolute atomic E-state index is 9.13. The third-order valence-corrected chi connectivity index (χ3v) is 2.56. The van der Waals surface area contributed by atoms with Gasteiger partial charge in [-0.1, -0.05) is 6.07 Å². The van der Waals surface area contributed by atoms with Crippen LogP contribution in [0.2, 0.25) is 0 Å². The fraction of sp³-hybridized carbons (Fsp3) is 0.333. The zero-order chi connectivity index (χ0) is 13.0. The third kappa shape index (κ3) is 2.77. The van der Waals surface area contributed by atoms with Crippen LogP contribution in [0.1, 0.15) is 24.2 Å². The molecular weight excluding hydrogens is 230 g/mol. The number of nitrogens with one attached hydrogen (secondary N) is 1. The van der Waals surface area contributed by atoms with Crippen LogP contribution in [-0.2, 0) is 4.74 Å².